The third-order valence-corrected chi connectivity index (χ3v) is 5.25. The molecule has 0 aliphatic heterocycles. The minimum atomic E-state index is -0.850. The van der Waals surface area contributed by atoms with Crippen molar-refractivity contribution in [2.24, 2.45) is 17.4 Å². The molecule has 0 bridgehead atoms. The molecule has 2 amide bonds. The Morgan fingerprint density at radius 1 is 1.03 bits per heavy atom. The van der Waals surface area contributed by atoms with Crippen molar-refractivity contribution in [1.82, 2.24) is 10.6 Å². The van der Waals surface area contributed by atoms with Gasteiger partial charge in [-0.15, -0.1) is 0 Å². The van der Waals surface area contributed by atoms with Crippen molar-refractivity contribution in [3.63, 3.8) is 0 Å². The topological polar surface area (TPSA) is 130 Å². The molecule has 168 valence electrons. The maximum absolute atomic E-state index is 12.9. The van der Waals surface area contributed by atoms with E-state index in [9.17, 15) is 14.7 Å². The lowest BCUT2D eigenvalue weighted by Gasteiger charge is -2.26. The van der Waals surface area contributed by atoms with E-state index in [1.165, 1.54) is 0 Å². The number of amides is 2. The third-order valence-electron chi connectivity index (χ3n) is 5.25. The van der Waals surface area contributed by atoms with Crippen LogP contribution in [-0.2, 0) is 22.4 Å². The highest BCUT2D eigenvalue weighted by Crippen LogP contribution is 2.18. The second-order valence-corrected chi connectivity index (χ2v) is 8.37. The first kappa shape index (κ1) is 24.4. The Labute approximate surface area is 184 Å². The zero-order chi connectivity index (χ0) is 23.0. The first-order valence-corrected chi connectivity index (χ1v) is 10.6. The normalized spacial score (nSPS) is 14.1. The van der Waals surface area contributed by atoms with E-state index in [1.807, 2.05) is 44.2 Å². The molecule has 0 aromatic heterocycles. The van der Waals surface area contributed by atoms with Gasteiger partial charge in [-0.3, -0.25) is 9.59 Å². The second-order valence-electron chi connectivity index (χ2n) is 8.37. The molecule has 7 N–H and O–H groups in total. The summed E-state index contributed by atoms with van der Waals surface area (Å²) in [6.07, 6.45) is 0.949. The van der Waals surface area contributed by atoms with Gasteiger partial charge in [-0.25, -0.2) is 0 Å². The van der Waals surface area contributed by atoms with Gasteiger partial charge in [-0.05, 0) is 42.0 Å². The van der Waals surface area contributed by atoms with Gasteiger partial charge in [-0.1, -0.05) is 56.3 Å². The standard InChI is InChI=1S/C24H34N4O3/c1-15(2)22(27-14-19(25)12-17-7-5-4-6-8-17)24(31)28-20(23(26)30)13-18-9-10-21(29)16(3)11-18/h4-11,15,19-20,22,27,29H,12-14,25H2,1-3H3,(H2,26,30)(H,28,31). The van der Waals surface area contributed by atoms with Gasteiger partial charge in [-0.2, -0.15) is 0 Å². The van der Waals surface area contributed by atoms with E-state index in [2.05, 4.69) is 10.6 Å². The number of carbonyl (C=O) groups excluding carboxylic acids is 2. The quantitative estimate of drug-likeness (QED) is 0.371. The summed E-state index contributed by atoms with van der Waals surface area (Å²) in [5.74, 6) is -0.726. The van der Waals surface area contributed by atoms with Gasteiger partial charge in [0.2, 0.25) is 11.8 Å². The number of benzene rings is 2. The number of carbonyl (C=O) groups is 2. The molecule has 0 aliphatic carbocycles. The molecule has 0 fully saturated rings. The van der Waals surface area contributed by atoms with Gasteiger partial charge in [0.1, 0.15) is 11.8 Å². The summed E-state index contributed by atoms with van der Waals surface area (Å²) >= 11 is 0. The van der Waals surface area contributed by atoms with Gasteiger partial charge in [0.25, 0.3) is 0 Å². The van der Waals surface area contributed by atoms with E-state index in [1.54, 1.807) is 25.1 Å². The summed E-state index contributed by atoms with van der Waals surface area (Å²) in [7, 11) is 0. The average Bonchev–Trinajstić information content (AvgIpc) is 2.70. The number of aryl methyl sites for hydroxylation is 1. The van der Waals surface area contributed by atoms with Crippen molar-refractivity contribution in [2.45, 2.75) is 51.7 Å². The second kappa shape index (κ2) is 11.5. The Bertz CT molecular complexity index is 870. The molecule has 2 aromatic rings. The number of aromatic hydroxyl groups is 1. The number of hydrogen-bond acceptors (Lipinski definition) is 5. The van der Waals surface area contributed by atoms with Gasteiger partial charge < -0.3 is 27.2 Å². The van der Waals surface area contributed by atoms with Crippen LogP contribution in [0.1, 0.15) is 30.5 Å². The first-order valence-electron chi connectivity index (χ1n) is 10.6. The van der Waals surface area contributed by atoms with Crippen molar-refractivity contribution in [3.05, 3.63) is 65.2 Å². The predicted octanol–water partition coefficient (Wildman–Crippen LogP) is 1.40. The maximum atomic E-state index is 12.9. The highest BCUT2D eigenvalue weighted by atomic mass is 16.3. The zero-order valence-corrected chi connectivity index (χ0v) is 18.5. The van der Waals surface area contributed by atoms with Crippen LogP contribution in [0.2, 0.25) is 0 Å². The van der Waals surface area contributed by atoms with E-state index < -0.39 is 18.0 Å². The molecule has 0 saturated heterocycles. The smallest absolute Gasteiger partial charge is 0.240 e. The van der Waals surface area contributed by atoms with Crippen LogP contribution in [0.25, 0.3) is 0 Å². The maximum Gasteiger partial charge on any atom is 0.240 e. The number of nitrogens with two attached hydrogens (primary N) is 2. The van der Waals surface area contributed by atoms with Crippen LogP contribution in [0.5, 0.6) is 5.75 Å². The summed E-state index contributed by atoms with van der Waals surface area (Å²) < 4.78 is 0. The van der Waals surface area contributed by atoms with Crippen molar-refractivity contribution >= 4 is 11.8 Å². The van der Waals surface area contributed by atoms with Gasteiger partial charge >= 0.3 is 0 Å². The molecule has 3 atom stereocenters. The molecule has 2 rings (SSSR count). The molecule has 3 unspecified atom stereocenters. The average molecular weight is 427 g/mol. The van der Waals surface area contributed by atoms with Crippen LogP contribution in [-0.4, -0.2) is 41.6 Å². The Balaban J connectivity index is 1.98. The van der Waals surface area contributed by atoms with Crippen LogP contribution < -0.4 is 22.1 Å². The number of rotatable bonds is 11. The molecule has 7 nitrogen and oxygen atoms in total. The van der Waals surface area contributed by atoms with Crippen molar-refractivity contribution in [3.8, 4) is 5.75 Å². The largest absolute Gasteiger partial charge is 0.508 e. The number of phenolic OH excluding ortho intramolecular Hbond substituents is 1. The van der Waals surface area contributed by atoms with Gasteiger partial charge in [0.15, 0.2) is 0 Å². The van der Waals surface area contributed by atoms with Crippen LogP contribution in [0.15, 0.2) is 48.5 Å². The van der Waals surface area contributed by atoms with Crippen LogP contribution in [0.4, 0.5) is 0 Å². The minimum absolute atomic E-state index is 0.00614. The Morgan fingerprint density at radius 2 is 1.71 bits per heavy atom. The van der Waals surface area contributed by atoms with E-state index in [0.717, 1.165) is 11.1 Å². The Morgan fingerprint density at radius 3 is 2.29 bits per heavy atom. The summed E-state index contributed by atoms with van der Waals surface area (Å²) in [6, 6.07) is 13.5. The summed E-state index contributed by atoms with van der Waals surface area (Å²) in [6.45, 7) is 6.10. The molecule has 7 heteroatoms. The lowest BCUT2D eigenvalue weighted by Crippen LogP contribution is -2.55. The number of hydrogen-bond donors (Lipinski definition) is 5. The monoisotopic (exact) mass is 426 g/mol. The van der Waals surface area contributed by atoms with Crippen LogP contribution >= 0.6 is 0 Å². The van der Waals surface area contributed by atoms with E-state index in [-0.39, 0.29) is 30.0 Å². The molecule has 31 heavy (non-hydrogen) atoms. The lowest BCUT2D eigenvalue weighted by atomic mass is 9.99. The molecule has 0 heterocycles. The van der Waals surface area contributed by atoms with Gasteiger partial charge in [0.05, 0.1) is 6.04 Å². The zero-order valence-electron chi connectivity index (χ0n) is 18.5. The molecule has 0 saturated carbocycles. The first-order chi connectivity index (χ1) is 14.7. The van der Waals surface area contributed by atoms with Crippen molar-refractivity contribution in [1.29, 1.82) is 0 Å². The minimum Gasteiger partial charge on any atom is -0.508 e. The van der Waals surface area contributed by atoms with Gasteiger partial charge in [0, 0.05) is 19.0 Å². The van der Waals surface area contributed by atoms with Crippen LogP contribution in [0.3, 0.4) is 0 Å². The summed E-state index contributed by atoms with van der Waals surface area (Å²) in [5, 5.41) is 15.7. The molecule has 0 aliphatic rings. The van der Waals surface area contributed by atoms with Crippen molar-refractivity contribution in [2.75, 3.05) is 6.54 Å². The molecule has 0 radical (unpaired) electrons. The van der Waals surface area contributed by atoms with E-state index in [0.29, 0.717) is 18.5 Å². The highest BCUT2D eigenvalue weighted by molar-refractivity contribution is 5.89. The molecular formula is C24H34N4O3. The Kier molecular flexibility index (Phi) is 9.03. The molecule has 0 spiro atoms. The fourth-order valence-electron chi connectivity index (χ4n) is 3.46. The third kappa shape index (κ3) is 7.70. The lowest BCUT2D eigenvalue weighted by molar-refractivity contribution is -0.129. The fraction of sp³-hybridized carbons (Fsp3) is 0.417. The van der Waals surface area contributed by atoms with E-state index in [4.69, 9.17) is 11.5 Å². The summed E-state index contributed by atoms with van der Waals surface area (Å²) in [4.78, 5) is 24.9. The highest BCUT2D eigenvalue weighted by Gasteiger charge is 2.27. The SMILES string of the molecule is Cc1cc(CC(NC(=O)C(NCC(N)Cc2ccccc2)C(C)C)C(N)=O)ccc1O. The molecule has 2 aromatic carbocycles. The fourth-order valence-corrected chi connectivity index (χ4v) is 3.46. The molecular weight excluding hydrogens is 392 g/mol. The van der Waals surface area contributed by atoms with E-state index >= 15 is 0 Å². The number of primary amides is 1. The number of phenols is 1. The summed E-state index contributed by atoms with van der Waals surface area (Å²) in [5.41, 5.74) is 14.4. The van der Waals surface area contributed by atoms with Crippen molar-refractivity contribution < 1.29 is 14.7 Å². The number of nitrogens with one attached hydrogen (secondary N) is 2. The van der Waals surface area contributed by atoms with Crippen LogP contribution in [0, 0.1) is 12.8 Å². The Hall–Kier alpha value is -2.90. The predicted molar refractivity (Wildman–Crippen MR) is 122 cm³/mol.